The third-order valence-corrected chi connectivity index (χ3v) is 2.69. The number of nitrogens with zero attached hydrogens (tertiary/aromatic N) is 2. The van der Waals surface area contributed by atoms with Gasteiger partial charge in [0.2, 0.25) is 0 Å². The van der Waals surface area contributed by atoms with Crippen molar-refractivity contribution in [1.29, 1.82) is 0 Å². The molecule has 2 rings (SSSR count). The molecule has 0 fully saturated rings. The highest BCUT2D eigenvalue weighted by Gasteiger charge is 2.23. The molecular formula is C14H23N3O3S. The van der Waals surface area contributed by atoms with Gasteiger partial charge in [0.1, 0.15) is 15.8 Å². The Morgan fingerprint density at radius 1 is 1.24 bits per heavy atom. The molecule has 0 bridgehead atoms. The molecule has 118 valence electrons. The van der Waals surface area contributed by atoms with Gasteiger partial charge in [-0.15, -0.1) is 0 Å². The lowest BCUT2D eigenvalue weighted by Crippen LogP contribution is -2.24. The number of fused-ring (bicyclic) bond motifs is 1. The molecule has 0 saturated heterocycles. The van der Waals surface area contributed by atoms with Crippen LogP contribution in [0.1, 0.15) is 59.0 Å². The number of ether oxygens (including phenoxy) is 1. The van der Waals surface area contributed by atoms with E-state index < -0.39 is 11.6 Å². The highest BCUT2D eigenvalue weighted by atomic mass is 32.1. The van der Waals surface area contributed by atoms with Crippen molar-refractivity contribution in [2.24, 2.45) is 0 Å². The van der Waals surface area contributed by atoms with E-state index in [1.54, 1.807) is 20.8 Å². The average molecular weight is 313 g/mol. The van der Waals surface area contributed by atoms with Gasteiger partial charge in [-0.1, -0.05) is 27.7 Å². The van der Waals surface area contributed by atoms with Gasteiger partial charge in [-0.05, 0) is 32.3 Å². The van der Waals surface area contributed by atoms with Crippen LogP contribution in [0.2, 0.25) is 0 Å². The minimum Gasteiger partial charge on any atom is -0.455 e. The lowest BCUT2D eigenvalue weighted by atomic mass is 10.2. The first-order valence-corrected chi connectivity index (χ1v) is 7.72. The molecule has 0 unspecified atom stereocenters. The minimum absolute atomic E-state index is 0.0889. The number of carbonyl (C=O) groups excluding carboxylic acids is 1. The van der Waals surface area contributed by atoms with Crippen molar-refractivity contribution in [3.05, 3.63) is 22.4 Å². The summed E-state index contributed by atoms with van der Waals surface area (Å²) in [6, 6.07) is 0. The minimum atomic E-state index is -0.603. The van der Waals surface area contributed by atoms with Crippen molar-refractivity contribution in [3.63, 3.8) is 0 Å². The first-order valence-electron chi connectivity index (χ1n) is 6.95. The van der Waals surface area contributed by atoms with E-state index in [9.17, 15) is 9.59 Å². The van der Waals surface area contributed by atoms with Crippen molar-refractivity contribution in [2.75, 3.05) is 0 Å². The van der Waals surface area contributed by atoms with Gasteiger partial charge in [0.05, 0.1) is 6.33 Å². The average Bonchev–Trinajstić information content (AvgIpc) is 2.87. The van der Waals surface area contributed by atoms with E-state index in [1.807, 2.05) is 27.7 Å². The maximum atomic E-state index is 11.8. The molecule has 0 amide bonds. The molecule has 2 aromatic rings. The number of aromatic amines is 1. The highest BCUT2D eigenvalue weighted by Crippen LogP contribution is 2.19. The highest BCUT2D eigenvalue weighted by molar-refractivity contribution is 7.13. The number of aromatic nitrogens is 3. The van der Waals surface area contributed by atoms with Crippen LogP contribution in [0.4, 0.5) is 0 Å². The van der Waals surface area contributed by atoms with Crippen LogP contribution >= 0.6 is 11.5 Å². The van der Waals surface area contributed by atoms with E-state index in [4.69, 9.17) is 4.74 Å². The summed E-state index contributed by atoms with van der Waals surface area (Å²) in [5.74, 6) is -0.568. The lowest BCUT2D eigenvalue weighted by molar-refractivity contribution is 0.00663. The molecule has 0 aromatic carbocycles. The Hall–Kier alpha value is -1.76. The Kier molecular flexibility index (Phi) is 7.80. The van der Waals surface area contributed by atoms with Gasteiger partial charge < -0.3 is 9.72 Å². The molecule has 1 N–H and O–H groups in total. The number of rotatable bonds is 1. The fourth-order valence-electron chi connectivity index (χ4n) is 1.24. The normalized spacial score (nSPS) is 10.0. The molecule has 0 aliphatic carbocycles. The largest absolute Gasteiger partial charge is 0.455 e. The fraction of sp³-hybridized carbons (Fsp3) is 0.571. The third-order valence-electron chi connectivity index (χ3n) is 1.86. The summed E-state index contributed by atoms with van der Waals surface area (Å²) in [4.78, 5) is 29.6. The number of hydrogen-bond acceptors (Lipinski definition) is 6. The Balaban J connectivity index is 0.000000921. The molecule has 6 nitrogen and oxygen atoms in total. The third kappa shape index (κ3) is 5.26. The molecular weight excluding hydrogens is 290 g/mol. The summed E-state index contributed by atoms with van der Waals surface area (Å²) in [5, 5.41) is 0. The predicted molar refractivity (Wildman–Crippen MR) is 85.9 cm³/mol. The Labute approximate surface area is 128 Å². The van der Waals surface area contributed by atoms with Gasteiger partial charge in [0, 0.05) is 0 Å². The van der Waals surface area contributed by atoms with Gasteiger partial charge in [-0.25, -0.2) is 9.78 Å². The van der Waals surface area contributed by atoms with Crippen molar-refractivity contribution in [1.82, 2.24) is 14.3 Å². The molecule has 21 heavy (non-hydrogen) atoms. The molecule has 0 aliphatic heterocycles. The first-order chi connectivity index (χ1) is 9.88. The van der Waals surface area contributed by atoms with Crippen LogP contribution in [0.15, 0.2) is 11.1 Å². The Morgan fingerprint density at radius 3 is 2.33 bits per heavy atom. The monoisotopic (exact) mass is 313 g/mol. The summed E-state index contributed by atoms with van der Waals surface area (Å²) in [6.45, 7) is 13.3. The molecule has 0 saturated carbocycles. The van der Waals surface area contributed by atoms with Crippen LogP contribution in [0.25, 0.3) is 10.2 Å². The zero-order valence-corrected chi connectivity index (χ0v) is 14.4. The second-order valence-electron chi connectivity index (χ2n) is 4.44. The van der Waals surface area contributed by atoms with Gasteiger partial charge in [0.25, 0.3) is 5.56 Å². The van der Waals surface area contributed by atoms with E-state index in [0.29, 0.717) is 4.70 Å². The number of H-pyrrole nitrogens is 1. The molecule has 0 aliphatic rings. The van der Waals surface area contributed by atoms with Crippen molar-refractivity contribution in [3.8, 4) is 0 Å². The van der Waals surface area contributed by atoms with Crippen LogP contribution in [-0.2, 0) is 4.74 Å². The quantitative estimate of drug-likeness (QED) is 0.816. The molecule has 2 heterocycles. The number of esters is 1. The Morgan fingerprint density at radius 2 is 1.81 bits per heavy atom. The zero-order valence-electron chi connectivity index (χ0n) is 13.6. The zero-order chi connectivity index (χ0) is 16.6. The van der Waals surface area contributed by atoms with E-state index in [1.165, 1.54) is 6.33 Å². The van der Waals surface area contributed by atoms with E-state index in [0.717, 1.165) is 11.5 Å². The van der Waals surface area contributed by atoms with Gasteiger partial charge in [0.15, 0.2) is 5.69 Å². The SMILES string of the molecule is CC.CC.CC(C)(C)OC(=O)c1nsc2c(=O)[nH]cnc12. The second kappa shape index (κ2) is 8.51. The standard InChI is InChI=1S/C10H11N3O3S.2C2H6/c1-10(2,3)16-9(15)6-5-7(17-13-6)8(14)12-4-11-5;2*1-2/h4H,1-3H3,(H,11,12,14);2*1-2H3. The van der Waals surface area contributed by atoms with E-state index in [2.05, 4.69) is 14.3 Å². The molecule has 7 heteroatoms. The number of nitrogens with one attached hydrogen (secondary N) is 1. The number of carbonyl (C=O) groups is 1. The van der Waals surface area contributed by atoms with Crippen LogP contribution in [0.3, 0.4) is 0 Å². The summed E-state index contributed by atoms with van der Waals surface area (Å²) in [7, 11) is 0. The van der Waals surface area contributed by atoms with Crippen LogP contribution in [0, 0.1) is 0 Å². The van der Waals surface area contributed by atoms with E-state index in [-0.39, 0.29) is 16.8 Å². The molecule has 0 spiro atoms. The van der Waals surface area contributed by atoms with Crippen molar-refractivity contribution in [2.45, 2.75) is 54.1 Å². The number of hydrogen-bond donors (Lipinski definition) is 1. The van der Waals surface area contributed by atoms with Crippen molar-refractivity contribution < 1.29 is 9.53 Å². The summed E-state index contributed by atoms with van der Waals surface area (Å²) >= 11 is 0.938. The first kappa shape index (κ1) is 19.2. The summed E-state index contributed by atoms with van der Waals surface area (Å²) in [6.07, 6.45) is 1.24. The maximum absolute atomic E-state index is 11.8. The summed E-state index contributed by atoms with van der Waals surface area (Å²) < 4.78 is 9.44. The molecule has 0 atom stereocenters. The topological polar surface area (TPSA) is 84.9 Å². The maximum Gasteiger partial charge on any atom is 0.360 e. The molecule has 2 aromatic heterocycles. The smallest absolute Gasteiger partial charge is 0.360 e. The van der Waals surface area contributed by atoms with Crippen molar-refractivity contribution >= 4 is 27.7 Å². The second-order valence-corrected chi connectivity index (χ2v) is 5.22. The van der Waals surface area contributed by atoms with E-state index >= 15 is 0 Å². The lowest BCUT2D eigenvalue weighted by Gasteiger charge is -2.18. The van der Waals surface area contributed by atoms with Crippen LogP contribution in [-0.4, -0.2) is 25.9 Å². The predicted octanol–water partition coefficient (Wildman–Crippen LogP) is 3.39. The van der Waals surface area contributed by atoms with Gasteiger partial charge >= 0.3 is 5.97 Å². The van der Waals surface area contributed by atoms with Gasteiger partial charge in [-0.2, -0.15) is 4.37 Å². The van der Waals surface area contributed by atoms with Gasteiger partial charge in [-0.3, -0.25) is 4.79 Å². The molecule has 0 radical (unpaired) electrons. The fourth-order valence-corrected chi connectivity index (χ4v) is 1.96. The Bertz CT molecular complexity index is 626. The summed E-state index contributed by atoms with van der Waals surface area (Å²) in [5.41, 5.74) is -0.532. The van der Waals surface area contributed by atoms with Crippen LogP contribution in [0.5, 0.6) is 0 Å². The van der Waals surface area contributed by atoms with Crippen LogP contribution < -0.4 is 5.56 Å².